The summed E-state index contributed by atoms with van der Waals surface area (Å²) in [5.41, 5.74) is -1.59. The fourth-order valence-corrected chi connectivity index (χ4v) is 2.95. The fraction of sp³-hybridized carbons (Fsp3) is 0.417. The highest BCUT2D eigenvalue weighted by atomic mass is 32.2. The van der Waals surface area contributed by atoms with Crippen LogP contribution >= 0.6 is 0 Å². The molecule has 0 radical (unpaired) electrons. The summed E-state index contributed by atoms with van der Waals surface area (Å²) in [6, 6.07) is 3.91. The molecule has 0 saturated carbocycles. The number of aliphatic hydroxyl groups excluding tert-OH is 1. The second-order valence-electron chi connectivity index (χ2n) is 4.71. The van der Waals surface area contributed by atoms with Gasteiger partial charge in [0.15, 0.2) is 0 Å². The number of hydrogen-bond acceptors (Lipinski definition) is 5. The van der Waals surface area contributed by atoms with Gasteiger partial charge in [0.25, 0.3) is 0 Å². The Hall–Kier alpha value is -1.48. The molecule has 0 fully saturated rings. The molecule has 8 heteroatoms. The summed E-state index contributed by atoms with van der Waals surface area (Å²) in [7, 11) is -3.97. The topological polar surface area (TPSA) is 124 Å². The van der Waals surface area contributed by atoms with Crippen molar-refractivity contribution in [1.82, 2.24) is 4.72 Å². The van der Waals surface area contributed by atoms with Crippen molar-refractivity contribution < 1.29 is 28.5 Å². The number of carbonyl (C=O) groups is 1. The molecule has 0 bridgehead atoms. The van der Waals surface area contributed by atoms with Crippen LogP contribution in [0.3, 0.4) is 0 Å². The third-order valence-corrected chi connectivity index (χ3v) is 4.33. The van der Waals surface area contributed by atoms with Crippen molar-refractivity contribution in [2.75, 3.05) is 13.2 Å². The van der Waals surface area contributed by atoms with Crippen LogP contribution in [0.5, 0.6) is 0 Å². The van der Waals surface area contributed by atoms with Crippen molar-refractivity contribution in [1.29, 1.82) is 0 Å². The van der Waals surface area contributed by atoms with E-state index in [4.69, 9.17) is 10.2 Å². The van der Waals surface area contributed by atoms with Gasteiger partial charge < -0.3 is 15.3 Å². The van der Waals surface area contributed by atoms with E-state index in [1.165, 1.54) is 32.0 Å². The summed E-state index contributed by atoms with van der Waals surface area (Å²) in [4.78, 5) is 10.8. The lowest BCUT2D eigenvalue weighted by atomic mass is 10.1. The molecule has 0 saturated heterocycles. The Morgan fingerprint density at radius 2 is 2.00 bits per heavy atom. The maximum absolute atomic E-state index is 12.1. The Morgan fingerprint density at radius 3 is 2.50 bits per heavy atom. The minimum atomic E-state index is -3.97. The van der Waals surface area contributed by atoms with Crippen molar-refractivity contribution in [3.8, 4) is 0 Å². The van der Waals surface area contributed by atoms with Crippen LogP contribution in [0.25, 0.3) is 0 Å². The molecule has 0 heterocycles. The van der Waals surface area contributed by atoms with Gasteiger partial charge in [0, 0.05) is 6.54 Å². The van der Waals surface area contributed by atoms with Crippen LogP contribution in [0, 0.1) is 6.92 Å². The minimum Gasteiger partial charge on any atom is -0.478 e. The molecule has 7 nitrogen and oxygen atoms in total. The maximum Gasteiger partial charge on any atom is 0.335 e. The Kier molecular flexibility index (Phi) is 4.87. The third kappa shape index (κ3) is 3.76. The average Bonchev–Trinajstić information content (AvgIpc) is 2.36. The number of rotatable bonds is 6. The van der Waals surface area contributed by atoms with Gasteiger partial charge in [-0.15, -0.1) is 0 Å². The molecule has 20 heavy (non-hydrogen) atoms. The predicted octanol–water partition coefficient (Wildman–Crippen LogP) is -0.285. The highest BCUT2D eigenvalue weighted by molar-refractivity contribution is 7.89. The zero-order valence-electron chi connectivity index (χ0n) is 11.1. The van der Waals surface area contributed by atoms with Crippen LogP contribution in [0.4, 0.5) is 0 Å². The molecular weight excluding hydrogens is 286 g/mol. The van der Waals surface area contributed by atoms with Gasteiger partial charge >= 0.3 is 5.97 Å². The third-order valence-electron chi connectivity index (χ3n) is 2.79. The zero-order valence-corrected chi connectivity index (χ0v) is 11.9. The van der Waals surface area contributed by atoms with Gasteiger partial charge in [0.1, 0.15) is 0 Å². The molecule has 1 unspecified atom stereocenters. The van der Waals surface area contributed by atoms with E-state index in [1.807, 2.05) is 0 Å². The maximum atomic E-state index is 12.1. The molecule has 1 aromatic rings. The monoisotopic (exact) mass is 303 g/mol. The summed E-state index contributed by atoms with van der Waals surface area (Å²) in [6.07, 6.45) is 0. The molecule has 0 aliphatic rings. The smallest absolute Gasteiger partial charge is 0.335 e. The van der Waals surface area contributed by atoms with E-state index in [1.54, 1.807) is 0 Å². The van der Waals surface area contributed by atoms with Gasteiger partial charge in [0.05, 0.1) is 22.7 Å². The van der Waals surface area contributed by atoms with Crippen LogP contribution in [0.1, 0.15) is 22.8 Å². The minimum absolute atomic E-state index is 0.108. The molecule has 0 spiro atoms. The Bertz CT molecular complexity index is 608. The average molecular weight is 303 g/mol. The number of sulfonamides is 1. The normalized spacial score (nSPS) is 14.8. The Balaban J connectivity index is 3.11. The first-order valence-electron chi connectivity index (χ1n) is 5.76. The van der Waals surface area contributed by atoms with Crippen LogP contribution in [-0.4, -0.2) is 48.5 Å². The van der Waals surface area contributed by atoms with Crippen LogP contribution < -0.4 is 4.72 Å². The van der Waals surface area contributed by atoms with E-state index in [9.17, 15) is 18.3 Å². The number of hydrogen-bond donors (Lipinski definition) is 4. The van der Waals surface area contributed by atoms with Crippen LogP contribution in [0.2, 0.25) is 0 Å². The Labute approximate surface area is 116 Å². The van der Waals surface area contributed by atoms with E-state index in [-0.39, 0.29) is 22.6 Å². The second kappa shape index (κ2) is 5.88. The zero-order chi connectivity index (χ0) is 15.6. The van der Waals surface area contributed by atoms with Gasteiger partial charge in [-0.2, -0.15) is 0 Å². The Morgan fingerprint density at radius 1 is 1.40 bits per heavy atom. The lowest BCUT2D eigenvalue weighted by molar-refractivity contribution is 0.00680. The number of carboxylic acids is 1. The molecule has 0 aromatic heterocycles. The molecule has 1 rings (SSSR count). The highest BCUT2D eigenvalue weighted by Crippen LogP contribution is 2.19. The lowest BCUT2D eigenvalue weighted by Gasteiger charge is -2.21. The summed E-state index contributed by atoms with van der Waals surface area (Å²) in [5, 5.41) is 27.4. The van der Waals surface area contributed by atoms with Crippen molar-refractivity contribution in [2.45, 2.75) is 24.3 Å². The number of benzene rings is 1. The SMILES string of the molecule is Cc1c(C(=O)O)cccc1S(=O)(=O)NCC(C)(O)CO. The quantitative estimate of drug-likeness (QED) is 0.573. The second-order valence-corrected chi connectivity index (χ2v) is 6.45. The number of aromatic carboxylic acids is 1. The van der Waals surface area contributed by atoms with Crippen LogP contribution in [0.15, 0.2) is 23.1 Å². The van der Waals surface area contributed by atoms with Gasteiger partial charge in [-0.3, -0.25) is 0 Å². The first kappa shape index (κ1) is 16.6. The van der Waals surface area contributed by atoms with Crippen molar-refractivity contribution >= 4 is 16.0 Å². The van der Waals surface area contributed by atoms with Gasteiger partial charge in [0.2, 0.25) is 10.0 Å². The van der Waals surface area contributed by atoms with Gasteiger partial charge in [-0.05, 0) is 31.5 Å². The van der Waals surface area contributed by atoms with E-state index < -0.39 is 28.2 Å². The standard InChI is InChI=1S/C12H17NO6S/c1-8-9(11(15)16)4-3-5-10(8)20(18,19)13-6-12(2,17)7-14/h3-5,13-14,17H,6-7H2,1-2H3,(H,15,16). The summed E-state index contributed by atoms with van der Waals surface area (Å²) in [6.45, 7) is 1.67. The molecular formula is C12H17NO6S. The summed E-state index contributed by atoms with van der Waals surface area (Å²) in [5.74, 6) is -1.22. The largest absolute Gasteiger partial charge is 0.478 e. The van der Waals surface area contributed by atoms with Gasteiger partial charge in [-0.25, -0.2) is 17.9 Å². The molecule has 0 aliphatic carbocycles. The predicted molar refractivity (Wildman–Crippen MR) is 71.0 cm³/mol. The van der Waals surface area contributed by atoms with Crippen molar-refractivity contribution in [2.24, 2.45) is 0 Å². The van der Waals surface area contributed by atoms with Crippen molar-refractivity contribution in [3.05, 3.63) is 29.3 Å². The molecule has 4 N–H and O–H groups in total. The molecule has 0 amide bonds. The van der Waals surface area contributed by atoms with E-state index >= 15 is 0 Å². The fourth-order valence-electron chi connectivity index (χ4n) is 1.52. The van der Waals surface area contributed by atoms with E-state index in [2.05, 4.69) is 4.72 Å². The molecule has 1 aromatic carbocycles. The summed E-state index contributed by atoms with van der Waals surface area (Å²) >= 11 is 0. The van der Waals surface area contributed by atoms with Gasteiger partial charge in [-0.1, -0.05) is 6.07 Å². The molecule has 1 atom stereocenters. The first-order chi connectivity index (χ1) is 9.10. The van der Waals surface area contributed by atoms with E-state index in [0.717, 1.165) is 0 Å². The van der Waals surface area contributed by atoms with E-state index in [0.29, 0.717) is 0 Å². The number of carboxylic acid groups (broad SMARTS) is 1. The number of nitrogens with one attached hydrogen (secondary N) is 1. The number of aliphatic hydroxyl groups is 2. The highest BCUT2D eigenvalue weighted by Gasteiger charge is 2.25. The lowest BCUT2D eigenvalue weighted by Crippen LogP contribution is -2.43. The first-order valence-corrected chi connectivity index (χ1v) is 7.25. The van der Waals surface area contributed by atoms with Crippen LogP contribution in [-0.2, 0) is 10.0 Å². The summed E-state index contributed by atoms with van der Waals surface area (Å²) < 4.78 is 26.3. The van der Waals surface area contributed by atoms with Crippen molar-refractivity contribution in [3.63, 3.8) is 0 Å². The molecule has 0 aliphatic heterocycles. The molecule has 112 valence electrons.